The molecular formula is C51H72N2O30. The van der Waals surface area contributed by atoms with Crippen molar-refractivity contribution in [3.8, 4) is 0 Å². The van der Waals surface area contributed by atoms with Gasteiger partial charge in [0.05, 0.1) is 45.7 Å². The van der Waals surface area contributed by atoms with E-state index < -0.39 is 230 Å². The molecule has 20 N–H and O–H groups in total. The van der Waals surface area contributed by atoms with Gasteiger partial charge in [0.2, 0.25) is 0 Å². The standard InChI is InChI=1S/C51H72N2O30/c52-20-9-5-18(6-10-20)2-1-17-3-7-19(8-4-17)45(71)53-27-28(60)46-72-21(11-54)39(27)78-47-34(66)29(61)41(23(13-56)73-47)80-49-36(68)31(63)43(25(15-58)75-49)82-51-38(70)33(65)44(26(16-59)77-51)83-50-37(69)32(64)42(24(14-57)76-50)81-48-35(67)30(62)40(79-46)22(12-55)74-48/h1-10,21-44,46-51,54-70H,11-16,52H2,(H,53,71)/b2-1+/t21-,22-,23-,24-,25-,26-,27-,28-,29-,30-,31-,32-,33-,34-,35-,36-,37-,38-,39-,40-,41-,42-,43-,44-,46-,47-,48-,49-,50-,51-/m1/s1. The fourth-order valence-corrected chi connectivity index (χ4v) is 10.9. The maximum absolute atomic E-state index is 14.2. The van der Waals surface area contributed by atoms with Crippen molar-refractivity contribution in [3.05, 3.63) is 65.2 Å². The van der Waals surface area contributed by atoms with Crippen LogP contribution in [0.2, 0.25) is 0 Å². The number of hydrogen-bond donors (Lipinski definition) is 19. The average Bonchev–Trinajstić information content (AvgIpc) is 3.62. The zero-order valence-electron chi connectivity index (χ0n) is 43.8. The van der Waals surface area contributed by atoms with E-state index in [-0.39, 0.29) is 5.56 Å². The van der Waals surface area contributed by atoms with Gasteiger partial charge < -0.3 is 155 Å². The van der Waals surface area contributed by atoms with Crippen molar-refractivity contribution in [1.82, 2.24) is 5.32 Å². The van der Waals surface area contributed by atoms with E-state index >= 15 is 0 Å². The minimum absolute atomic E-state index is 0.00182. The van der Waals surface area contributed by atoms with Crippen LogP contribution in [0.1, 0.15) is 21.5 Å². The van der Waals surface area contributed by atoms with E-state index in [1.165, 1.54) is 12.1 Å². The van der Waals surface area contributed by atoms with Gasteiger partial charge in [-0.15, -0.1) is 0 Å². The second-order valence-electron chi connectivity index (χ2n) is 21.0. The summed E-state index contributed by atoms with van der Waals surface area (Å²) in [4.78, 5) is 14.2. The smallest absolute Gasteiger partial charge is 0.251 e. The van der Waals surface area contributed by atoms with Crippen LogP contribution in [-0.2, 0) is 56.8 Å². The molecule has 2 aromatic rings. The number of carbonyl (C=O) groups is 1. The molecule has 22 fully saturated rings. The first kappa shape index (κ1) is 63.8. The topological polar surface area (TPSA) is 510 Å². The Morgan fingerprint density at radius 3 is 0.867 bits per heavy atom. The van der Waals surface area contributed by atoms with Crippen LogP contribution in [0, 0.1) is 0 Å². The van der Waals surface area contributed by atoms with Crippen LogP contribution in [-0.4, -0.2) is 317 Å². The molecule has 22 heterocycles. The van der Waals surface area contributed by atoms with Gasteiger partial charge in [0.25, 0.3) is 5.91 Å². The van der Waals surface area contributed by atoms with Crippen molar-refractivity contribution < 1.29 is 148 Å². The summed E-state index contributed by atoms with van der Waals surface area (Å²) in [6, 6.07) is 11.3. The molecule has 22 aliphatic heterocycles. The largest absolute Gasteiger partial charge is 0.399 e. The third-order valence-electron chi connectivity index (χ3n) is 15.6. The molecule has 2 aromatic carbocycles. The van der Waals surface area contributed by atoms with E-state index in [1.807, 2.05) is 0 Å². The number of nitrogens with two attached hydrogens (primary N) is 1. The average molecular weight is 1190 g/mol. The Kier molecular flexibility index (Phi) is 21.2. The molecule has 24 rings (SSSR count). The highest BCUT2D eigenvalue weighted by molar-refractivity contribution is 5.94. The molecule has 0 unspecified atom stereocenters. The van der Waals surface area contributed by atoms with Gasteiger partial charge in [0.1, 0.15) is 140 Å². The molecule has 22 saturated heterocycles. The van der Waals surface area contributed by atoms with Gasteiger partial charge in [0.15, 0.2) is 37.7 Å². The van der Waals surface area contributed by atoms with Crippen molar-refractivity contribution >= 4 is 23.7 Å². The summed E-state index contributed by atoms with van der Waals surface area (Å²) in [6.45, 7) is -6.17. The van der Waals surface area contributed by atoms with E-state index in [4.69, 9.17) is 62.6 Å². The molecule has 0 saturated carbocycles. The number of nitrogens with one attached hydrogen (secondary N) is 1. The minimum Gasteiger partial charge on any atom is -0.399 e. The molecule has 83 heavy (non-hydrogen) atoms. The number of aliphatic hydroxyl groups is 17. The van der Waals surface area contributed by atoms with Gasteiger partial charge in [0, 0.05) is 11.3 Å². The predicted octanol–water partition coefficient (Wildman–Crippen LogP) is -9.86. The molecule has 30 atom stereocenters. The SMILES string of the molecule is Nc1ccc(/C=C/c2ccc(C(=O)N[C@@H]3[C@@H](O)[C@H]4O[C@H]5[C@H](O)[C@@H](O)[C@@H](O[C@H]6[C@H](O)[C@@H](O)[C@@H](O[C@H]7[C@H](O)[C@@H](O)[C@@H](O[C@H]8[C@H](O)[C@@H](O)[C@@H](O[C@H]9[C@H](O)[C@@H](O)[C@@H](O[C@@H]3[C@@H](CO)O4)O[C@@H]9CO)O[C@@H]8CO)O[C@@H]7CO)O[C@@H]6CO)O[C@@H]5CO)cc2)cc1. The van der Waals surface area contributed by atoms with Crippen molar-refractivity contribution in [2.45, 2.75) is 184 Å². The predicted molar refractivity (Wildman–Crippen MR) is 267 cm³/mol. The number of aliphatic hydroxyl groups excluding tert-OH is 17. The second-order valence-corrected chi connectivity index (χ2v) is 21.0. The van der Waals surface area contributed by atoms with Crippen LogP contribution in [0.5, 0.6) is 0 Å². The lowest BCUT2D eigenvalue weighted by Crippen LogP contribution is -2.70. The highest BCUT2D eigenvalue weighted by atomic mass is 16.8. The summed E-state index contributed by atoms with van der Waals surface area (Å²) in [5.74, 6) is -0.883. The van der Waals surface area contributed by atoms with E-state index in [1.54, 1.807) is 48.6 Å². The van der Waals surface area contributed by atoms with Crippen LogP contribution in [0.25, 0.3) is 12.2 Å². The van der Waals surface area contributed by atoms with Crippen LogP contribution in [0.3, 0.4) is 0 Å². The molecule has 466 valence electrons. The maximum atomic E-state index is 14.2. The fourth-order valence-electron chi connectivity index (χ4n) is 10.9. The zero-order chi connectivity index (χ0) is 59.7. The number of ether oxygens (including phenoxy) is 12. The fraction of sp³-hybridized carbons (Fsp3) is 0.706. The quantitative estimate of drug-likeness (QED) is 0.0776. The van der Waals surface area contributed by atoms with Gasteiger partial charge in [-0.2, -0.15) is 0 Å². The normalized spacial score (nSPS) is 46.4. The molecule has 1 amide bonds. The molecule has 32 heteroatoms. The number of hydrogen-bond acceptors (Lipinski definition) is 31. The molecule has 0 radical (unpaired) electrons. The summed E-state index contributed by atoms with van der Waals surface area (Å²) in [7, 11) is 0. The lowest BCUT2D eigenvalue weighted by Gasteiger charge is -2.51. The van der Waals surface area contributed by atoms with Gasteiger partial charge in [-0.1, -0.05) is 36.4 Å². The summed E-state index contributed by atoms with van der Waals surface area (Å²) >= 11 is 0. The third kappa shape index (κ3) is 13.3. The van der Waals surface area contributed by atoms with E-state index in [9.17, 15) is 91.6 Å². The first-order chi connectivity index (χ1) is 39.7. The van der Waals surface area contributed by atoms with Crippen molar-refractivity contribution in [3.63, 3.8) is 0 Å². The van der Waals surface area contributed by atoms with Crippen LogP contribution in [0.15, 0.2) is 48.5 Å². The number of carbonyl (C=O) groups excluding carboxylic acids is 1. The Labute approximate surface area is 471 Å². The zero-order valence-corrected chi connectivity index (χ0v) is 43.8. The lowest BCUT2D eigenvalue weighted by atomic mass is 9.93. The highest BCUT2D eigenvalue weighted by Crippen LogP contribution is 2.38. The van der Waals surface area contributed by atoms with E-state index in [0.29, 0.717) is 11.3 Å². The van der Waals surface area contributed by atoms with Crippen LogP contribution in [0.4, 0.5) is 5.69 Å². The summed E-state index contributed by atoms with van der Waals surface area (Å²) in [5.41, 5.74) is 7.84. The van der Waals surface area contributed by atoms with Gasteiger partial charge in [-0.05, 0) is 35.4 Å². The monoisotopic (exact) mass is 1190 g/mol. The first-order valence-electron chi connectivity index (χ1n) is 26.7. The van der Waals surface area contributed by atoms with Gasteiger partial charge in [-0.3, -0.25) is 4.79 Å². The van der Waals surface area contributed by atoms with Crippen molar-refractivity contribution in [1.29, 1.82) is 0 Å². The highest BCUT2D eigenvalue weighted by Gasteiger charge is 2.59. The Balaban J connectivity index is 1.03. The third-order valence-corrected chi connectivity index (χ3v) is 15.6. The molecule has 32 nitrogen and oxygen atoms in total. The lowest BCUT2D eigenvalue weighted by molar-refractivity contribution is -0.401. The Morgan fingerprint density at radius 1 is 0.349 bits per heavy atom. The summed E-state index contributed by atoms with van der Waals surface area (Å²) in [5, 5.41) is 193. The Hall–Kier alpha value is -3.71. The number of amides is 1. The maximum Gasteiger partial charge on any atom is 0.251 e. The number of rotatable bonds is 10. The number of benzene rings is 2. The molecule has 0 aromatic heterocycles. The molecule has 12 bridgehead atoms. The number of anilines is 1. The summed E-state index contributed by atoms with van der Waals surface area (Å²) in [6.07, 6.45) is -54.0. The first-order valence-corrected chi connectivity index (χ1v) is 26.7. The van der Waals surface area contributed by atoms with Crippen molar-refractivity contribution in [2.24, 2.45) is 0 Å². The van der Waals surface area contributed by atoms with Gasteiger partial charge >= 0.3 is 0 Å². The molecule has 0 spiro atoms. The molecule has 0 aliphatic carbocycles. The molecular weight excluding hydrogens is 1120 g/mol. The van der Waals surface area contributed by atoms with Crippen LogP contribution >= 0.6 is 0 Å². The van der Waals surface area contributed by atoms with Crippen LogP contribution < -0.4 is 11.1 Å². The minimum atomic E-state index is -2.21. The molecule has 22 aliphatic rings. The van der Waals surface area contributed by atoms with Gasteiger partial charge in [-0.25, -0.2) is 0 Å². The number of nitrogen functional groups attached to an aromatic ring is 1. The Bertz CT molecular complexity index is 2410. The van der Waals surface area contributed by atoms with E-state index in [2.05, 4.69) is 5.32 Å². The summed E-state index contributed by atoms with van der Waals surface area (Å²) < 4.78 is 70.0. The van der Waals surface area contributed by atoms with Crippen molar-refractivity contribution in [2.75, 3.05) is 45.4 Å². The van der Waals surface area contributed by atoms with E-state index in [0.717, 1.165) is 5.56 Å². The second kappa shape index (κ2) is 27.6. The Morgan fingerprint density at radius 2 is 0.590 bits per heavy atom.